The highest BCUT2D eigenvalue weighted by Gasteiger charge is 2.38. The van der Waals surface area contributed by atoms with Gasteiger partial charge in [0.1, 0.15) is 5.82 Å². The van der Waals surface area contributed by atoms with Crippen LogP contribution in [0, 0.1) is 0 Å². The summed E-state index contributed by atoms with van der Waals surface area (Å²) in [5.74, 6) is 1.61. The topological polar surface area (TPSA) is 17.8 Å². The van der Waals surface area contributed by atoms with Gasteiger partial charge in [-0.3, -0.25) is 0 Å². The fraction of sp³-hybridized carbons (Fsp3) is 0.444. The fourth-order valence-corrected chi connectivity index (χ4v) is 4.71. The Kier molecular flexibility index (Phi) is 7.69. The van der Waals surface area contributed by atoms with E-state index in [0.717, 1.165) is 19.4 Å². The van der Waals surface area contributed by atoms with Gasteiger partial charge in [0.05, 0.1) is 0 Å². The summed E-state index contributed by atoms with van der Waals surface area (Å²) in [5, 5.41) is 0. The average molecular weight is 389 g/mol. The van der Waals surface area contributed by atoms with Crippen LogP contribution in [0.4, 0.5) is 0 Å². The highest BCUT2D eigenvalue weighted by molar-refractivity contribution is 5.33. The van der Waals surface area contributed by atoms with Crippen LogP contribution in [0.1, 0.15) is 75.7 Å². The van der Waals surface area contributed by atoms with Gasteiger partial charge in [-0.15, -0.1) is 0 Å². The maximum Gasteiger partial charge on any atom is 0.112 e. The van der Waals surface area contributed by atoms with Crippen LogP contribution >= 0.6 is 0 Å². The van der Waals surface area contributed by atoms with Gasteiger partial charge in [-0.2, -0.15) is 0 Å². The number of nitrogens with zero attached hydrogens (tertiary/aromatic N) is 2. The summed E-state index contributed by atoms with van der Waals surface area (Å²) >= 11 is 0. The Morgan fingerprint density at radius 2 is 1.59 bits per heavy atom. The monoisotopic (exact) mass is 388 g/mol. The van der Waals surface area contributed by atoms with Gasteiger partial charge in [-0.25, -0.2) is 4.98 Å². The van der Waals surface area contributed by atoms with Gasteiger partial charge < -0.3 is 4.57 Å². The van der Waals surface area contributed by atoms with Crippen LogP contribution in [0.15, 0.2) is 73.1 Å². The second-order valence-corrected chi connectivity index (χ2v) is 8.45. The number of imidazole rings is 1. The molecule has 154 valence electrons. The smallest absolute Gasteiger partial charge is 0.112 e. The number of aryl methyl sites for hydroxylation is 1. The van der Waals surface area contributed by atoms with E-state index in [-0.39, 0.29) is 5.41 Å². The van der Waals surface area contributed by atoms with E-state index in [1.165, 1.54) is 42.6 Å². The van der Waals surface area contributed by atoms with E-state index < -0.39 is 0 Å². The van der Waals surface area contributed by atoms with Crippen molar-refractivity contribution in [3.63, 3.8) is 0 Å². The fourth-order valence-electron chi connectivity index (χ4n) is 4.71. The van der Waals surface area contributed by atoms with Gasteiger partial charge in [0.25, 0.3) is 0 Å². The largest absolute Gasteiger partial charge is 0.335 e. The lowest BCUT2D eigenvalue weighted by Crippen LogP contribution is -2.34. The van der Waals surface area contributed by atoms with Crippen LogP contribution in [-0.4, -0.2) is 9.55 Å². The van der Waals surface area contributed by atoms with Gasteiger partial charge >= 0.3 is 0 Å². The number of hydrogen-bond acceptors (Lipinski definition) is 1. The van der Waals surface area contributed by atoms with Crippen LogP contribution in [-0.2, 0) is 18.4 Å². The quantitative estimate of drug-likeness (QED) is 0.319. The summed E-state index contributed by atoms with van der Waals surface area (Å²) in [4.78, 5) is 4.88. The molecule has 1 aromatic heterocycles. The Morgan fingerprint density at radius 3 is 2.24 bits per heavy atom. The summed E-state index contributed by atoms with van der Waals surface area (Å²) < 4.78 is 2.41. The lowest BCUT2D eigenvalue weighted by Gasteiger charge is -2.38. The van der Waals surface area contributed by atoms with E-state index in [4.69, 9.17) is 4.98 Å². The molecule has 3 rings (SSSR count). The maximum absolute atomic E-state index is 4.88. The Morgan fingerprint density at radius 1 is 0.897 bits per heavy atom. The van der Waals surface area contributed by atoms with Crippen molar-refractivity contribution >= 4 is 0 Å². The normalized spacial score (nSPS) is 14.4. The first-order valence-corrected chi connectivity index (χ1v) is 11.3. The van der Waals surface area contributed by atoms with Crippen LogP contribution < -0.4 is 0 Å². The van der Waals surface area contributed by atoms with Gasteiger partial charge in [0, 0.05) is 30.3 Å². The molecule has 2 atom stereocenters. The Bertz CT molecular complexity index is 837. The van der Waals surface area contributed by atoms with Crippen LogP contribution in [0.3, 0.4) is 0 Å². The molecular weight excluding hydrogens is 352 g/mol. The summed E-state index contributed by atoms with van der Waals surface area (Å²) in [7, 11) is 0. The molecule has 2 aromatic carbocycles. The molecule has 0 radical (unpaired) electrons. The standard InChI is InChI=1S/C27H36N2/c1-4-6-7-14-20-29-21-19-28-26(29)25(5-2)27(3,24-17-12-9-13-18-24)22-23-15-10-8-11-16-23/h8-13,15-19,21,25H,4-7,14,20,22H2,1-3H3. The Hall–Kier alpha value is -2.35. The van der Waals surface area contributed by atoms with Crippen molar-refractivity contribution in [2.24, 2.45) is 0 Å². The molecule has 0 saturated heterocycles. The zero-order valence-corrected chi connectivity index (χ0v) is 18.3. The molecule has 0 aliphatic rings. The second-order valence-electron chi connectivity index (χ2n) is 8.45. The minimum Gasteiger partial charge on any atom is -0.335 e. The van der Waals surface area contributed by atoms with Gasteiger partial charge in [-0.1, -0.05) is 101 Å². The van der Waals surface area contributed by atoms with Gasteiger partial charge in [-0.05, 0) is 30.4 Å². The molecule has 3 aromatic rings. The van der Waals surface area contributed by atoms with Crippen LogP contribution in [0.2, 0.25) is 0 Å². The number of aromatic nitrogens is 2. The van der Waals surface area contributed by atoms with Crippen molar-refractivity contribution < 1.29 is 0 Å². The van der Waals surface area contributed by atoms with Gasteiger partial charge in [0.2, 0.25) is 0 Å². The zero-order valence-electron chi connectivity index (χ0n) is 18.3. The third kappa shape index (κ3) is 5.18. The van der Waals surface area contributed by atoms with E-state index >= 15 is 0 Å². The molecular formula is C27H36N2. The molecule has 0 spiro atoms. The zero-order chi connectivity index (χ0) is 20.5. The number of rotatable bonds is 11. The number of unbranched alkanes of at least 4 members (excludes halogenated alkanes) is 3. The van der Waals surface area contributed by atoms with E-state index in [2.05, 4.69) is 92.2 Å². The predicted octanol–water partition coefficient (Wildman–Crippen LogP) is 7.16. The maximum atomic E-state index is 4.88. The first-order valence-electron chi connectivity index (χ1n) is 11.3. The van der Waals surface area contributed by atoms with Crippen LogP contribution in [0.25, 0.3) is 0 Å². The predicted molar refractivity (Wildman–Crippen MR) is 123 cm³/mol. The van der Waals surface area contributed by atoms with Crippen molar-refractivity contribution in [1.29, 1.82) is 0 Å². The molecule has 0 aliphatic carbocycles. The molecule has 2 nitrogen and oxygen atoms in total. The number of hydrogen-bond donors (Lipinski definition) is 0. The van der Waals surface area contributed by atoms with E-state index in [0.29, 0.717) is 5.92 Å². The van der Waals surface area contributed by atoms with E-state index in [1.807, 2.05) is 6.20 Å². The minimum atomic E-state index is -0.0100. The molecule has 1 heterocycles. The third-order valence-corrected chi connectivity index (χ3v) is 6.34. The van der Waals surface area contributed by atoms with Crippen LogP contribution in [0.5, 0.6) is 0 Å². The molecule has 0 amide bonds. The summed E-state index contributed by atoms with van der Waals surface area (Å²) in [6, 6.07) is 21.9. The second kappa shape index (κ2) is 10.4. The van der Waals surface area contributed by atoms with E-state index in [1.54, 1.807) is 0 Å². The average Bonchev–Trinajstić information content (AvgIpc) is 3.21. The molecule has 0 bridgehead atoms. The molecule has 0 aliphatic heterocycles. The minimum absolute atomic E-state index is 0.0100. The molecule has 2 unspecified atom stereocenters. The first-order chi connectivity index (χ1) is 14.2. The van der Waals surface area contributed by atoms with Crippen molar-refractivity contribution in [3.8, 4) is 0 Å². The molecule has 0 N–H and O–H groups in total. The molecule has 0 fully saturated rings. The SMILES string of the molecule is CCCCCCn1ccnc1C(CC)C(C)(Cc1ccccc1)c1ccccc1. The third-order valence-electron chi connectivity index (χ3n) is 6.34. The summed E-state index contributed by atoms with van der Waals surface area (Å²) in [5.41, 5.74) is 2.78. The molecule has 0 saturated carbocycles. The highest BCUT2D eigenvalue weighted by Crippen LogP contribution is 2.43. The first kappa shape index (κ1) is 21.4. The summed E-state index contributed by atoms with van der Waals surface area (Å²) in [6.07, 6.45) is 11.4. The van der Waals surface area contributed by atoms with Crippen molar-refractivity contribution in [3.05, 3.63) is 90.0 Å². The number of benzene rings is 2. The molecule has 29 heavy (non-hydrogen) atoms. The van der Waals surface area contributed by atoms with E-state index in [9.17, 15) is 0 Å². The van der Waals surface area contributed by atoms with Crippen molar-refractivity contribution in [2.75, 3.05) is 0 Å². The lowest BCUT2D eigenvalue weighted by atomic mass is 9.66. The van der Waals surface area contributed by atoms with Crippen molar-refractivity contribution in [1.82, 2.24) is 9.55 Å². The Balaban J connectivity index is 1.95. The van der Waals surface area contributed by atoms with Crippen molar-refractivity contribution in [2.45, 2.75) is 77.2 Å². The highest BCUT2D eigenvalue weighted by atomic mass is 15.1. The lowest BCUT2D eigenvalue weighted by molar-refractivity contribution is 0.338. The molecule has 2 heteroatoms. The summed E-state index contributed by atoms with van der Waals surface area (Å²) in [6.45, 7) is 8.08. The van der Waals surface area contributed by atoms with Gasteiger partial charge in [0.15, 0.2) is 0 Å². The Labute approximate surface area is 177 Å².